The van der Waals surface area contributed by atoms with Gasteiger partial charge in [0.1, 0.15) is 29.3 Å². The lowest BCUT2D eigenvalue weighted by molar-refractivity contribution is -0.645. The smallest absolute Gasteiger partial charge is 0.300 e. The number of carbonyl (C=O) groups excluding carboxylic acids is 5. The van der Waals surface area contributed by atoms with Crippen molar-refractivity contribution < 1.29 is 62.2 Å². The maximum Gasteiger partial charge on any atom is 0.300 e. The first-order valence-electron chi connectivity index (χ1n) is 43.5. The Morgan fingerprint density at radius 3 is 2.00 bits per heavy atom. The second-order valence-electron chi connectivity index (χ2n) is 36.7. The second-order valence-corrected chi connectivity index (χ2v) is 39.6. The van der Waals surface area contributed by atoms with Crippen molar-refractivity contribution in [1.29, 1.82) is 5.26 Å². The number of ketones is 2. The van der Waals surface area contributed by atoms with Gasteiger partial charge in [0.15, 0.2) is 33.9 Å². The van der Waals surface area contributed by atoms with Crippen LogP contribution in [0.25, 0.3) is 28.1 Å². The van der Waals surface area contributed by atoms with Crippen LogP contribution < -0.4 is 25.6 Å². The van der Waals surface area contributed by atoms with Gasteiger partial charge >= 0.3 is 11.4 Å². The van der Waals surface area contributed by atoms with Crippen LogP contribution in [-0.2, 0) is 42.9 Å². The van der Waals surface area contributed by atoms with Gasteiger partial charge in [0.25, 0.3) is 16.8 Å². The number of non-ortho nitro benzene ring substituents is 2. The normalized spacial score (nSPS) is 24.4. The van der Waals surface area contributed by atoms with Crippen molar-refractivity contribution >= 4 is 114 Å². The molecule has 5 heterocycles. The van der Waals surface area contributed by atoms with Crippen LogP contribution in [0.4, 0.5) is 17.1 Å². The number of aromatic hydroxyl groups is 2. The van der Waals surface area contributed by atoms with Crippen LogP contribution in [0.3, 0.4) is 0 Å². The minimum atomic E-state index is -1.51. The SMILES string of the molecule is CC1(C)CC[C@]2(C(=O)n3ccnc3)CC[C@]3(C)[C@H](C(=O)C=C4[C@@]5(C)CC(C#N)C(=O)C(C)(C)[C@@H]5CC[C@]43C)[C@@H]2C1.CCN(CC)c1ccc(C=C2C(=O)NC(=S)NC2=O)cc1.Cc1ccc(S(=O)c2ccc([N+](=O)[O-])c3nonc23)cc1.O=[N+]([O-])c1ccc(Sc2cccc[n+]2[O-])c2nonc12.Oc1cc(CNC2CCCCC2)c(O)cc1CCC1CCCCC1. The summed E-state index contributed by atoms with van der Waals surface area (Å²) >= 11 is 5.89. The van der Waals surface area contributed by atoms with Gasteiger partial charge in [-0.25, -0.2) is 18.5 Å². The maximum absolute atomic E-state index is 14.6. The number of allylic oxidation sites excluding steroid dienone is 2. The van der Waals surface area contributed by atoms with Crippen LogP contribution in [0, 0.1) is 106 Å². The number of anilines is 1. The van der Waals surface area contributed by atoms with Crippen molar-refractivity contribution in [3.05, 3.63) is 193 Å². The van der Waals surface area contributed by atoms with E-state index in [-0.39, 0.29) is 101 Å². The molecule has 1 aliphatic heterocycles. The predicted octanol–water partition coefficient (Wildman–Crippen LogP) is 17.8. The topological polar surface area (TPSA) is 415 Å². The molecule has 2 unspecified atom stereocenters. The lowest BCUT2D eigenvalue weighted by Crippen LogP contribution is -2.66. The van der Waals surface area contributed by atoms with Crippen molar-refractivity contribution in [2.75, 3.05) is 18.0 Å². The molecule has 8 aliphatic rings. The maximum atomic E-state index is 14.6. The average molecular weight is 1770 g/mol. The number of amides is 2. The molecular formula is C94H110N14O15S3. The van der Waals surface area contributed by atoms with E-state index in [2.05, 4.69) is 110 Å². The highest BCUT2D eigenvalue weighted by atomic mass is 32.2. The van der Waals surface area contributed by atoms with Crippen molar-refractivity contribution in [3.8, 4) is 17.6 Å². The van der Waals surface area contributed by atoms with E-state index < -0.39 is 49.2 Å². The number of thiocarbonyl (C=S) groups is 1. The average Bonchev–Trinajstić information content (AvgIpc) is 0.823. The Balaban J connectivity index is 0.000000139. The molecule has 17 rings (SSSR count). The van der Waals surface area contributed by atoms with Gasteiger partial charge in [0.05, 0.1) is 41.9 Å². The molecule has 126 heavy (non-hydrogen) atoms. The number of nitriles is 1. The van der Waals surface area contributed by atoms with Crippen LogP contribution in [0.5, 0.6) is 11.5 Å². The lowest BCUT2D eigenvalue weighted by Gasteiger charge is -2.69. The molecule has 7 aliphatic carbocycles. The van der Waals surface area contributed by atoms with Crippen LogP contribution in [0.2, 0.25) is 0 Å². The fourth-order valence-electron chi connectivity index (χ4n) is 21.2. The van der Waals surface area contributed by atoms with Gasteiger partial charge in [0, 0.05) is 89.8 Å². The number of phenols is 2. The number of nitrogens with one attached hydrogen (secondary N) is 3. The lowest BCUT2D eigenvalue weighted by atomic mass is 9.33. The number of aromatic nitrogens is 7. The van der Waals surface area contributed by atoms with Gasteiger partial charge < -0.3 is 25.6 Å². The first-order valence-corrected chi connectivity index (χ1v) is 45.8. The molecule has 0 spiro atoms. The summed E-state index contributed by atoms with van der Waals surface area (Å²) in [7, 11) is -1.51. The molecule has 4 aromatic heterocycles. The Kier molecular flexibility index (Phi) is 28.2. The molecule has 6 saturated carbocycles. The summed E-state index contributed by atoms with van der Waals surface area (Å²) in [5.74, 6) is 0.0267. The van der Waals surface area contributed by atoms with E-state index in [0.717, 1.165) is 116 Å². The number of rotatable bonds is 17. The van der Waals surface area contributed by atoms with E-state index >= 15 is 0 Å². The van der Waals surface area contributed by atoms with E-state index in [1.165, 1.54) is 100 Å². The van der Waals surface area contributed by atoms with E-state index in [0.29, 0.717) is 54.9 Å². The minimum Gasteiger partial charge on any atom is -0.618 e. The fraction of sp³-hybridized carbons (Fsp3) is 0.479. The Bertz CT molecular complexity index is 5660. The highest BCUT2D eigenvalue weighted by molar-refractivity contribution is 7.99. The van der Waals surface area contributed by atoms with E-state index in [4.69, 9.17) is 12.2 Å². The fourth-order valence-corrected chi connectivity index (χ4v) is 23.5. The number of nitro benzene ring substituents is 2. The summed E-state index contributed by atoms with van der Waals surface area (Å²) in [6.07, 6.45) is 31.6. The Hall–Kier alpha value is -11.3. The number of nitrogens with zero attached hydrogens (tertiary/aromatic N) is 11. The summed E-state index contributed by atoms with van der Waals surface area (Å²) in [6.45, 7) is 24.2. The van der Waals surface area contributed by atoms with Gasteiger partial charge in [-0.05, 0) is 260 Å². The number of phenolic OH excluding ortho intramolecular Hbond substituents is 2. The van der Waals surface area contributed by atoms with Crippen molar-refractivity contribution in [3.63, 3.8) is 0 Å². The third kappa shape index (κ3) is 19.1. The molecule has 2 amide bonds. The number of hydrogen-bond donors (Lipinski definition) is 5. The van der Waals surface area contributed by atoms with Crippen molar-refractivity contribution in [2.45, 2.75) is 230 Å². The third-order valence-electron chi connectivity index (χ3n) is 28.3. The van der Waals surface area contributed by atoms with Crippen LogP contribution in [-0.4, -0.2) is 108 Å². The van der Waals surface area contributed by atoms with Crippen LogP contribution in [0.1, 0.15) is 211 Å². The zero-order chi connectivity index (χ0) is 90.4. The molecule has 32 heteroatoms. The Morgan fingerprint density at radius 1 is 0.762 bits per heavy atom. The molecule has 1 saturated heterocycles. The first-order chi connectivity index (χ1) is 60.1. The molecular weight excluding hydrogens is 1660 g/mol. The summed E-state index contributed by atoms with van der Waals surface area (Å²) in [5.41, 5.74) is 3.91. The van der Waals surface area contributed by atoms with E-state index in [1.54, 1.807) is 71.8 Å². The summed E-state index contributed by atoms with van der Waals surface area (Å²) in [6, 6.07) is 31.8. The number of fused-ring (bicyclic) bond motifs is 9. The van der Waals surface area contributed by atoms with Gasteiger partial charge in [-0.2, -0.15) is 9.99 Å². The number of imidazole rings is 1. The number of aryl methyl sites for hydroxylation is 2. The molecule has 5 aromatic carbocycles. The number of hydrogen-bond acceptors (Lipinski definition) is 25. The summed E-state index contributed by atoms with van der Waals surface area (Å²) in [4.78, 5) is 94.2. The summed E-state index contributed by atoms with van der Waals surface area (Å²) < 4.78 is 24.1. The van der Waals surface area contributed by atoms with Crippen LogP contribution in [0.15, 0.2) is 174 Å². The number of nitro groups is 2. The Morgan fingerprint density at radius 2 is 1.37 bits per heavy atom. The van der Waals surface area contributed by atoms with Crippen molar-refractivity contribution in [2.24, 2.45) is 62.1 Å². The zero-order valence-corrected chi connectivity index (χ0v) is 75.3. The monoisotopic (exact) mass is 1770 g/mol. The largest absolute Gasteiger partial charge is 0.618 e. The third-order valence-corrected chi connectivity index (χ3v) is 31.0. The predicted molar refractivity (Wildman–Crippen MR) is 479 cm³/mol. The minimum absolute atomic E-state index is 0.00189. The quantitative estimate of drug-likeness (QED) is 0.00826. The molecule has 0 radical (unpaired) electrons. The zero-order valence-electron chi connectivity index (χ0n) is 72.9. The standard InChI is InChI=1S/C34H45N3O3.C21H33NO2.C15H17N3O2S.C13H9N3O4S.C11H6N4O4S/c1-29(2)10-12-34(28(40)37-15-14-36-20-37)13-11-33(7)26(22(34)18-29)23(38)16-25-31(5)17-21(19-35)27(39)30(3,4)24(31)8-9-32(25,33)6;23-20-14-18(15-22-19-9-5-2-6-10-19)21(24)13-17(20)12-11-16-7-3-1-4-8-16;1-3-18(4-2)11-7-5-10(6-8-11)9-12-13(19)16-15(21)17-14(12)20;1-8-2-4-9(5-3-8)21(19)11-7-6-10(16(17)18)12-13(11)15-20-14-12;16-14-6-2-1-3-9(14)20-8-5-4-7(15(17)18)10-11(8)13-19-12-10/h14-16,20-22,24,26H,8-13,17-18H2,1-7H3;13-14,16,19,22-24H,1-12,15H2;5-9H,3-4H2,1-2H3,(H2,16,17,19,20,21);2-7H,1H3;1-6H/t21?,22-,24-,26-,31-,32+,33+,34-;;;;/m0..../s1. The second kappa shape index (κ2) is 38.5. The number of carbonyl (C=O) groups is 5. The highest BCUT2D eigenvalue weighted by Crippen LogP contribution is 2.75. The van der Waals surface area contributed by atoms with Crippen LogP contribution >= 0.6 is 24.0 Å². The van der Waals surface area contributed by atoms with E-state index in [9.17, 15) is 69.1 Å². The van der Waals surface area contributed by atoms with Gasteiger partial charge in [-0.1, -0.05) is 135 Å². The number of Topliss-reactive ketones (excluding diaryl/α,β-unsaturated/α-hetero) is 1. The Labute approximate surface area is 744 Å². The molecule has 9 aromatic rings. The van der Waals surface area contributed by atoms with Gasteiger partial charge in [-0.15, -0.1) is 0 Å². The molecule has 0 bridgehead atoms. The first kappa shape index (κ1) is 92.4. The number of pyridine rings is 1. The molecule has 7 fully saturated rings. The summed E-state index contributed by atoms with van der Waals surface area (Å²) in [5, 5.41) is 87.3. The molecule has 5 N–H and O–H groups in total. The molecule has 9 atom stereocenters. The van der Waals surface area contributed by atoms with Gasteiger partial charge in [-0.3, -0.25) is 59.4 Å². The number of benzene rings is 5. The molecule has 29 nitrogen and oxygen atoms in total. The highest BCUT2D eigenvalue weighted by Gasteiger charge is 2.72. The van der Waals surface area contributed by atoms with Crippen molar-refractivity contribution in [1.82, 2.24) is 46.1 Å². The van der Waals surface area contributed by atoms with E-state index in [1.807, 2.05) is 63.2 Å². The van der Waals surface area contributed by atoms with Gasteiger partial charge in [0.2, 0.25) is 16.9 Å². The molecule has 664 valence electrons.